The van der Waals surface area contributed by atoms with E-state index in [1.165, 1.54) is 11.1 Å². The third-order valence-electron chi connectivity index (χ3n) is 3.91. The van der Waals surface area contributed by atoms with Crippen LogP contribution in [0, 0.1) is 5.41 Å². The lowest BCUT2D eigenvalue weighted by atomic mass is 9.89. The average molecular weight is 462 g/mol. The molecule has 0 radical (unpaired) electrons. The second kappa shape index (κ2) is 11.7. The molecule has 0 bridgehead atoms. The molecule has 25 heavy (non-hydrogen) atoms. The maximum absolute atomic E-state index is 5.57. The molecule has 1 aromatic carbocycles. The van der Waals surface area contributed by atoms with Gasteiger partial charge < -0.3 is 20.3 Å². The molecule has 0 heterocycles. The molecule has 1 atom stereocenters. The van der Waals surface area contributed by atoms with Crippen LogP contribution in [0.1, 0.15) is 31.9 Å². The Labute approximate surface area is 170 Å². The van der Waals surface area contributed by atoms with Crippen molar-refractivity contribution in [1.29, 1.82) is 0 Å². The molecule has 0 spiro atoms. The summed E-state index contributed by atoms with van der Waals surface area (Å²) in [4.78, 5) is 6.45. The molecule has 0 aliphatic heterocycles. The molecule has 0 saturated carbocycles. The van der Waals surface area contributed by atoms with Gasteiger partial charge in [-0.1, -0.05) is 45.0 Å². The fourth-order valence-corrected chi connectivity index (χ4v) is 2.47. The largest absolute Gasteiger partial charge is 0.379 e. The number of ether oxygens (including phenoxy) is 1. The summed E-state index contributed by atoms with van der Waals surface area (Å²) in [5.41, 5.74) is 2.64. The Kier molecular flexibility index (Phi) is 11.3. The lowest BCUT2D eigenvalue weighted by molar-refractivity contribution is 0.0205. The van der Waals surface area contributed by atoms with E-state index in [0.29, 0.717) is 0 Å². The molecule has 0 aliphatic rings. The molecule has 0 amide bonds. The minimum atomic E-state index is 0. The van der Waals surface area contributed by atoms with Crippen LogP contribution < -0.4 is 10.6 Å². The van der Waals surface area contributed by atoms with Crippen molar-refractivity contribution >= 4 is 29.9 Å². The molecular formula is C19H35IN4O. The minimum absolute atomic E-state index is 0. The molecule has 0 fully saturated rings. The van der Waals surface area contributed by atoms with Gasteiger partial charge in [0.1, 0.15) is 0 Å². The van der Waals surface area contributed by atoms with Gasteiger partial charge >= 0.3 is 0 Å². The Balaban J connectivity index is 0.00000576. The molecule has 0 aromatic heterocycles. The Hall–Kier alpha value is -0.860. The number of methoxy groups -OCH3 is 1. The van der Waals surface area contributed by atoms with Crippen LogP contribution in [-0.2, 0) is 17.8 Å². The van der Waals surface area contributed by atoms with Crippen molar-refractivity contribution in [2.75, 3.05) is 34.8 Å². The number of halogens is 1. The highest BCUT2D eigenvalue weighted by Gasteiger charge is 2.24. The van der Waals surface area contributed by atoms with Crippen LogP contribution in [-0.4, -0.2) is 51.8 Å². The van der Waals surface area contributed by atoms with Crippen LogP contribution in [0.15, 0.2) is 29.3 Å². The predicted molar refractivity (Wildman–Crippen MR) is 118 cm³/mol. The molecular weight excluding hydrogens is 427 g/mol. The van der Waals surface area contributed by atoms with E-state index < -0.39 is 0 Å². The number of hydrogen-bond donors (Lipinski definition) is 2. The standard InChI is InChI=1S/C19H34N4O.HI/c1-19(2,3)17(24-7)13-22-18(20-4)21-12-15-8-10-16(11-9-15)14-23(5)6;/h8-11,17H,12-14H2,1-7H3,(H2,20,21,22);1H. The highest BCUT2D eigenvalue weighted by atomic mass is 127. The van der Waals surface area contributed by atoms with Crippen molar-refractivity contribution in [3.05, 3.63) is 35.4 Å². The van der Waals surface area contributed by atoms with Gasteiger partial charge in [-0.25, -0.2) is 0 Å². The predicted octanol–water partition coefficient (Wildman–Crippen LogP) is 3.09. The van der Waals surface area contributed by atoms with Gasteiger partial charge in [0, 0.05) is 33.8 Å². The smallest absolute Gasteiger partial charge is 0.191 e. The van der Waals surface area contributed by atoms with Gasteiger partial charge in [0.2, 0.25) is 0 Å². The zero-order valence-electron chi connectivity index (χ0n) is 16.7. The average Bonchev–Trinajstić information content (AvgIpc) is 2.50. The topological polar surface area (TPSA) is 48.9 Å². The van der Waals surface area contributed by atoms with Gasteiger partial charge in [0.05, 0.1) is 6.10 Å². The van der Waals surface area contributed by atoms with Crippen molar-refractivity contribution in [2.24, 2.45) is 10.4 Å². The first kappa shape index (κ1) is 24.1. The highest BCUT2D eigenvalue weighted by molar-refractivity contribution is 14.0. The maximum atomic E-state index is 5.57. The van der Waals surface area contributed by atoms with Crippen LogP contribution in [0.3, 0.4) is 0 Å². The number of benzene rings is 1. The summed E-state index contributed by atoms with van der Waals surface area (Å²) in [5.74, 6) is 0.790. The van der Waals surface area contributed by atoms with E-state index in [4.69, 9.17) is 4.74 Å². The van der Waals surface area contributed by atoms with Crippen molar-refractivity contribution in [2.45, 2.75) is 40.0 Å². The Bertz CT molecular complexity index is 509. The van der Waals surface area contributed by atoms with Gasteiger partial charge in [-0.05, 0) is 30.6 Å². The zero-order chi connectivity index (χ0) is 18.2. The number of guanidine groups is 1. The first-order valence-corrected chi connectivity index (χ1v) is 8.46. The van der Waals surface area contributed by atoms with Crippen molar-refractivity contribution in [3.8, 4) is 0 Å². The van der Waals surface area contributed by atoms with Crippen LogP contribution in [0.5, 0.6) is 0 Å². The monoisotopic (exact) mass is 462 g/mol. The van der Waals surface area contributed by atoms with Crippen molar-refractivity contribution < 1.29 is 4.74 Å². The number of rotatable bonds is 7. The molecule has 0 aliphatic carbocycles. The molecule has 144 valence electrons. The van der Waals surface area contributed by atoms with Crippen LogP contribution in [0.25, 0.3) is 0 Å². The van der Waals surface area contributed by atoms with Gasteiger partial charge in [-0.2, -0.15) is 0 Å². The van der Waals surface area contributed by atoms with E-state index in [1.807, 2.05) is 0 Å². The third kappa shape index (κ3) is 9.42. The fraction of sp³-hybridized carbons (Fsp3) is 0.632. The quantitative estimate of drug-likeness (QED) is 0.372. The molecule has 1 unspecified atom stereocenters. The number of nitrogens with zero attached hydrogens (tertiary/aromatic N) is 2. The summed E-state index contributed by atoms with van der Waals surface area (Å²) in [6, 6.07) is 8.67. The van der Waals surface area contributed by atoms with Gasteiger partial charge in [-0.15, -0.1) is 24.0 Å². The minimum Gasteiger partial charge on any atom is -0.379 e. The summed E-state index contributed by atoms with van der Waals surface area (Å²) in [6.07, 6.45) is 0.126. The molecule has 5 nitrogen and oxygen atoms in total. The van der Waals surface area contributed by atoms with E-state index in [1.54, 1.807) is 14.2 Å². The van der Waals surface area contributed by atoms with E-state index in [0.717, 1.165) is 25.6 Å². The van der Waals surface area contributed by atoms with Crippen LogP contribution in [0.4, 0.5) is 0 Å². The molecule has 1 rings (SSSR count). The molecule has 0 saturated heterocycles. The van der Waals surface area contributed by atoms with Gasteiger partial charge in [-0.3, -0.25) is 4.99 Å². The lowest BCUT2D eigenvalue weighted by Crippen LogP contribution is -2.45. The van der Waals surface area contributed by atoms with E-state index in [-0.39, 0.29) is 35.5 Å². The second-order valence-corrected chi connectivity index (χ2v) is 7.45. The highest BCUT2D eigenvalue weighted by Crippen LogP contribution is 2.20. The van der Waals surface area contributed by atoms with E-state index in [2.05, 4.69) is 79.7 Å². The van der Waals surface area contributed by atoms with E-state index >= 15 is 0 Å². The maximum Gasteiger partial charge on any atom is 0.191 e. The fourth-order valence-electron chi connectivity index (χ4n) is 2.47. The number of aliphatic imine (C=N–C) groups is 1. The summed E-state index contributed by atoms with van der Waals surface area (Å²) >= 11 is 0. The second-order valence-electron chi connectivity index (χ2n) is 7.45. The first-order valence-electron chi connectivity index (χ1n) is 8.46. The van der Waals surface area contributed by atoms with Crippen LogP contribution >= 0.6 is 24.0 Å². The Morgan fingerprint density at radius 3 is 2.12 bits per heavy atom. The molecule has 1 aromatic rings. The Morgan fingerprint density at radius 1 is 1.12 bits per heavy atom. The summed E-state index contributed by atoms with van der Waals surface area (Å²) in [5, 5.41) is 6.69. The summed E-state index contributed by atoms with van der Waals surface area (Å²) in [6.45, 7) is 8.95. The third-order valence-corrected chi connectivity index (χ3v) is 3.91. The van der Waals surface area contributed by atoms with Crippen molar-refractivity contribution in [3.63, 3.8) is 0 Å². The molecule has 6 heteroatoms. The zero-order valence-corrected chi connectivity index (χ0v) is 19.0. The summed E-state index contributed by atoms with van der Waals surface area (Å²) < 4.78 is 5.57. The van der Waals surface area contributed by atoms with E-state index in [9.17, 15) is 0 Å². The number of nitrogens with one attached hydrogen (secondary N) is 2. The number of hydrogen-bond acceptors (Lipinski definition) is 3. The first-order chi connectivity index (χ1) is 11.3. The Morgan fingerprint density at radius 2 is 1.68 bits per heavy atom. The summed E-state index contributed by atoms with van der Waals surface area (Å²) in [7, 11) is 7.70. The SMILES string of the molecule is CN=C(NCc1ccc(CN(C)C)cc1)NCC(OC)C(C)(C)C.I. The normalized spacial score (nSPS) is 13.4. The van der Waals surface area contributed by atoms with Gasteiger partial charge in [0.25, 0.3) is 0 Å². The lowest BCUT2D eigenvalue weighted by Gasteiger charge is -2.30. The van der Waals surface area contributed by atoms with Gasteiger partial charge in [0.15, 0.2) is 5.96 Å². The molecule has 2 N–H and O–H groups in total. The van der Waals surface area contributed by atoms with Crippen molar-refractivity contribution in [1.82, 2.24) is 15.5 Å². The van der Waals surface area contributed by atoms with Crippen LogP contribution in [0.2, 0.25) is 0 Å².